The number of anilines is 1. The van der Waals surface area contributed by atoms with E-state index >= 15 is 0 Å². The lowest BCUT2D eigenvalue weighted by Crippen LogP contribution is -2.12. The van der Waals surface area contributed by atoms with Crippen molar-refractivity contribution < 1.29 is 4.39 Å². The number of halogens is 3. The van der Waals surface area contributed by atoms with Gasteiger partial charge in [-0.2, -0.15) is 0 Å². The van der Waals surface area contributed by atoms with Crippen LogP contribution >= 0.6 is 23.2 Å². The van der Waals surface area contributed by atoms with Crippen molar-refractivity contribution in [3.8, 4) is 11.5 Å². The normalized spacial score (nSPS) is 11.1. The van der Waals surface area contributed by atoms with Gasteiger partial charge in [0.1, 0.15) is 12.1 Å². The van der Waals surface area contributed by atoms with E-state index in [1.807, 2.05) is 4.57 Å². The van der Waals surface area contributed by atoms with Gasteiger partial charge in [-0.15, -0.1) is 0 Å². The molecular formula is C19H14Cl2FN5. The summed E-state index contributed by atoms with van der Waals surface area (Å²) >= 11 is 12.5. The third-order valence-electron chi connectivity index (χ3n) is 4.20. The van der Waals surface area contributed by atoms with Crippen LogP contribution in [-0.2, 0) is 13.1 Å². The minimum atomic E-state index is -0.269. The summed E-state index contributed by atoms with van der Waals surface area (Å²) in [5.41, 5.74) is 1.92. The Morgan fingerprint density at radius 3 is 2.52 bits per heavy atom. The molecule has 2 aromatic rings. The third kappa shape index (κ3) is 3.59. The predicted molar refractivity (Wildman–Crippen MR) is 104 cm³/mol. The van der Waals surface area contributed by atoms with Gasteiger partial charge in [0.05, 0.1) is 12.9 Å². The molecule has 8 heteroatoms. The van der Waals surface area contributed by atoms with Gasteiger partial charge in [0.25, 0.3) is 0 Å². The molecule has 0 aliphatic carbocycles. The highest BCUT2D eigenvalue weighted by Crippen LogP contribution is 2.29. The van der Waals surface area contributed by atoms with Crippen molar-refractivity contribution in [2.24, 2.45) is 0 Å². The van der Waals surface area contributed by atoms with Gasteiger partial charge >= 0.3 is 0 Å². The average molecular weight is 402 g/mol. The number of nitrogens with one attached hydrogen (secondary N) is 1. The number of aromatic nitrogens is 4. The van der Waals surface area contributed by atoms with Crippen molar-refractivity contribution in [3.63, 3.8) is 0 Å². The van der Waals surface area contributed by atoms with E-state index in [0.29, 0.717) is 46.0 Å². The molecule has 136 valence electrons. The number of nitrogens with zero attached hydrogens (tertiary/aromatic N) is 4. The number of rotatable bonds is 5. The first-order valence-electron chi connectivity index (χ1n) is 8.19. The van der Waals surface area contributed by atoms with Crippen molar-refractivity contribution in [2.45, 2.75) is 13.1 Å². The molecule has 0 amide bonds. The summed E-state index contributed by atoms with van der Waals surface area (Å²) in [4.78, 5) is 13.0. The van der Waals surface area contributed by atoms with Crippen molar-refractivity contribution in [1.82, 2.24) is 19.5 Å². The summed E-state index contributed by atoms with van der Waals surface area (Å²) in [6.45, 7) is 0.705. The summed E-state index contributed by atoms with van der Waals surface area (Å²) in [5.74, 6) is 0.901. The van der Waals surface area contributed by atoms with Gasteiger partial charge in [-0.3, -0.25) is 0 Å². The van der Waals surface area contributed by atoms with Crippen LogP contribution in [0.2, 0.25) is 10.0 Å². The smallest absolute Gasteiger partial charge is 0.165 e. The highest BCUT2D eigenvalue weighted by Gasteiger charge is 2.18. The van der Waals surface area contributed by atoms with Crippen molar-refractivity contribution in [3.05, 3.63) is 82.1 Å². The molecule has 0 aromatic heterocycles. The number of fused-ring (bicyclic) bond motifs is 1. The van der Waals surface area contributed by atoms with Crippen LogP contribution in [0, 0.1) is 5.82 Å². The van der Waals surface area contributed by atoms with Gasteiger partial charge in [0.15, 0.2) is 17.3 Å². The summed E-state index contributed by atoms with van der Waals surface area (Å²) in [5, 5.41) is 4.27. The predicted octanol–water partition coefficient (Wildman–Crippen LogP) is 4.88. The highest BCUT2D eigenvalue weighted by atomic mass is 35.5. The molecule has 2 aliphatic heterocycles. The molecule has 0 spiro atoms. The summed E-state index contributed by atoms with van der Waals surface area (Å²) < 4.78 is 15.6. The lowest BCUT2D eigenvalue weighted by molar-refractivity contribution is 0.613. The molecule has 2 heterocycles. The van der Waals surface area contributed by atoms with Crippen LogP contribution in [0.25, 0.3) is 11.5 Å². The van der Waals surface area contributed by atoms with Crippen LogP contribution in [0.3, 0.4) is 0 Å². The zero-order chi connectivity index (χ0) is 18.8. The van der Waals surface area contributed by atoms with E-state index < -0.39 is 0 Å². The maximum atomic E-state index is 13.8. The fourth-order valence-corrected chi connectivity index (χ4v) is 3.32. The Bertz CT molecular complexity index is 1050. The van der Waals surface area contributed by atoms with E-state index in [4.69, 9.17) is 23.2 Å². The van der Waals surface area contributed by atoms with E-state index in [0.717, 1.165) is 5.56 Å². The number of benzene rings is 2. The van der Waals surface area contributed by atoms with Crippen LogP contribution in [-0.4, -0.2) is 19.5 Å². The maximum absolute atomic E-state index is 13.8. The highest BCUT2D eigenvalue weighted by molar-refractivity contribution is 6.35. The molecule has 5 nitrogen and oxygen atoms in total. The van der Waals surface area contributed by atoms with Gasteiger partial charge < -0.3 is 9.88 Å². The van der Waals surface area contributed by atoms with Crippen LogP contribution in [0.4, 0.5) is 10.2 Å². The first-order valence-corrected chi connectivity index (χ1v) is 8.95. The van der Waals surface area contributed by atoms with E-state index in [1.165, 1.54) is 12.4 Å². The summed E-state index contributed by atoms with van der Waals surface area (Å²) in [7, 11) is 0. The molecule has 0 bridgehead atoms. The van der Waals surface area contributed by atoms with Crippen molar-refractivity contribution in [2.75, 3.05) is 5.32 Å². The molecule has 0 unspecified atom stereocenters. The molecule has 4 rings (SSSR count). The zero-order valence-electron chi connectivity index (χ0n) is 14.0. The minimum absolute atomic E-state index is 0.269. The Balaban J connectivity index is 1.62. The van der Waals surface area contributed by atoms with Crippen LogP contribution < -0.4 is 5.32 Å². The van der Waals surface area contributed by atoms with E-state index in [2.05, 4.69) is 20.3 Å². The lowest BCUT2D eigenvalue weighted by Gasteiger charge is -2.15. The van der Waals surface area contributed by atoms with Crippen molar-refractivity contribution in [1.29, 1.82) is 0 Å². The molecule has 0 atom stereocenters. The summed E-state index contributed by atoms with van der Waals surface area (Å²) in [6, 6.07) is 12.0. The maximum Gasteiger partial charge on any atom is 0.165 e. The second-order valence-electron chi connectivity index (χ2n) is 5.91. The molecule has 0 fully saturated rings. The number of imidazole rings is 1. The SMILES string of the molecule is Fc1ccccc1CNc1ncn(Cc2c(Cl)cccc2Cl)c2ncnc1-2. The van der Waals surface area contributed by atoms with Gasteiger partial charge in [0.2, 0.25) is 0 Å². The number of hydrogen-bond acceptors (Lipinski definition) is 4. The van der Waals surface area contributed by atoms with E-state index in [9.17, 15) is 4.39 Å². The topological polar surface area (TPSA) is 55.6 Å². The Kier molecular flexibility index (Phi) is 4.92. The van der Waals surface area contributed by atoms with E-state index in [1.54, 1.807) is 42.7 Å². The van der Waals surface area contributed by atoms with Crippen molar-refractivity contribution >= 4 is 29.0 Å². The Morgan fingerprint density at radius 1 is 0.963 bits per heavy atom. The second-order valence-corrected chi connectivity index (χ2v) is 6.73. The molecule has 0 saturated heterocycles. The van der Waals surface area contributed by atoms with E-state index in [-0.39, 0.29) is 5.82 Å². The fourth-order valence-electron chi connectivity index (χ4n) is 2.80. The average Bonchev–Trinajstić information content (AvgIpc) is 3.15. The molecule has 0 saturated carbocycles. The lowest BCUT2D eigenvalue weighted by atomic mass is 10.2. The van der Waals surface area contributed by atoms with Crippen LogP contribution in [0.5, 0.6) is 0 Å². The van der Waals surface area contributed by atoms with Crippen LogP contribution in [0.15, 0.2) is 55.1 Å². The summed E-state index contributed by atoms with van der Waals surface area (Å²) in [6.07, 6.45) is 3.10. The monoisotopic (exact) mass is 401 g/mol. The Hall–Kier alpha value is -2.70. The van der Waals surface area contributed by atoms with Gasteiger partial charge in [-0.05, 0) is 18.2 Å². The second kappa shape index (κ2) is 7.50. The third-order valence-corrected chi connectivity index (χ3v) is 4.90. The quantitative estimate of drug-likeness (QED) is 0.517. The molecule has 2 aromatic carbocycles. The molecule has 2 aliphatic rings. The molecule has 0 radical (unpaired) electrons. The van der Waals surface area contributed by atoms with Gasteiger partial charge in [-0.1, -0.05) is 47.5 Å². The molecule has 1 N–H and O–H groups in total. The fraction of sp³-hybridized carbons (Fsp3) is 0.105. The zero-order valence-corrected chi connectivity index (χ0v) is 15.5. The number of hydrogen-bond donors (Lipinski definition) is 1. The van der Waals surface area contributed by atoms with Gasteiger partial charge in [0, 0.05) is 27.7 Å². The Labute approximate surface area is 165 Å². The first-order chi connectivity index (χ1) is 13.1. The minimum Gasteiger partial charge on any atom is -0.364 e. The Morgan fingerprint density at radius 2 is 1.74 bits per heavy atom. The first kappa shape index (κ1) is 17.7. The van der Waals surface area contributed by atoms with Crippen LogP contribution in [0.1, 0.15) is 11.1 Å². The molecule has 27 heavy (non-hydrogen) atoms. The molecular weight excluding hydrogens is 388 g/mol. The van der Waals surface area contributed by atoms with Gasteiger partial charge in [-0.25, -0.2) is 19.3 Å². The largest absolute Gasteiger partial charge is 0.364 e. The standard InChI is InChI=1S/C19H14Cl2FN5/c20-14-5-3-6-15(21)13(14)9-27-11-26-18(17-19(27)25-10-24-17)23-8-12-4-1-2-7-16(12)22/h1-7,10-11,23H,8-9H2.